The highest BCUT2D eigenvalue weighted by molar-refractivity contribution is 7.12. The van der Waals surface area contributed by atoms with E-state index >= 15 is 0 Å². The number of aliphatic imine (C=N–C) groups is 2. The maximum atomic E-state index is 12.6. The van der Waals surface area contributed by atoms with Gasteiger partial charge in [0.1, 0.15) is 5.69 Å². The van der Waals surface area contributed by atoms with Gasteiger partial charge >= 0.3 is 0 Å². The number of phenolic OH excluding ortho intramolecular Hbond substituents is 1. The molecule has 0 aliphatic rings. The van der Waals surface area contributed by atoms with Crippen LogP contribution in [-0.4, -0.2) is 41.7 Å². The van der Waals surface area contributed by atoms with Gasteiger partial charge in [0.05, 0.1) is 11.6 Å². The van der Waals surface area contributed by atoms with E-state index in [2.05, 4.69) is 42.9 Å². The lowest BCUT2D eigenvalue weighted by atomic mass is 9.86. The third kappa shape index (κ3) is 5.64. The highest BCUT2D eigenvalue weighted by Crippen LogP contribution is 2.39. The number of rotatable bonds is 5. The van der Waals surface area contributed by atoms with Crippen molar-refractivity contribution < 1.29 is 9.90 Å². The largest absolute Gasteiger partial charge is 0.505 e. The molecular formula is C23H33N5O2S. The summed E-state index contributed by atoms with van der Waals surface area (Å²) in [6, 6.07) is 7.31. The summed E-state index contributed by atoms with van der Waals surface area (Å²) in [6.07, 6.45) is 0.596. The molecule has 7 nitrogen and oxygen atoms in total. The number of nitrogens with two attached hydrogens (primary N) is 2. The van der Waals surface area contributed by atoms with E-state index < -0.39 is 0 Å². The third-order valence-corrected chi connectivity index (χ3v) is 5.92. The lowest BCUT2D eigenvalue weighted by molar-refractivity contribution is 0.0823. The van der Waals surface area contributed by atoms with Crippen LogP contribution in [0.5, 0.6) is 5.75 Å². The van der Waals surface area contributed by atoms with Crippen LogP contribution in [0.25, 0.3) is 0 Å². The van der Waals surface area contributed by atoms with Crippen LogP contribution < -0.4 is 11.5 Å². The average molecular weight is 444 g/mol. The maximum absolute atomic E-state index is 12.6. The van der Waals surface area contributed by atoms with Crippen LogP contribution in [0.1, 0.15) is 59.4 Å². The summed E-state index contributed by atoms with van der Waals surface area (Å²) in [5, 5.41) is 10.8. The maximum Gasteiger partial charge on any atom is 0.257 e. The molecule has 1 aromatic heterocycles. The van der Waals surface area contributed by atoms with Crippen molar-refractivity contribution in [1.82, 2.24) is 4.90 Å². The molecule has 0 saturated heterocycles. The van der Waals surface area contributed by atoms with E-state index in [9.17, 15) is 9.90 Å². The molecule has 0 bridgehead atoms. The van der Waals surface area contributed by atoms with Crippen LogP contribution in [0.15, 0.2) is 34.3 Å². The first-order chi connectivity index (χ1) is 14.4. The van der Waals surface area contributed by atoms with Crippen molar-refractivity contribution in [3.63, 3.8) is 0 Å². The van der Waals surface area contributed by atoms with Crippen LogP contribution in [0.3, 0.4) is 0 Å². The summed E-state index contributed by atoms with van der Waals surface area (Å²) in [5.74, 6) is -0.432. The molecular weight excluding hydrogens is 410 g/mol. The molecule has 0 aliphatic carbocycles. The Hall–Kier alpha value is -2.87. The van der Waals surface area contributed by atoms with E-state index in [0.717, 1.165) is 10.4 Å². The molecule has 168 valence electrons. The zero-order valence-electron chi connectivity index (χ0n) is 19.4. The topological polar surface area (TPSA) is 117 Å². The first-order valence-corrected chi connectivity index (χ1v) is 11.0. The van der Waals surface area contributed by atoms with Crippen molar-refractivity contribution in [3.8, 4) is 5.75 Å². The molecule has 0 spiro atoms. The number of thiophene rings is 1. The standard InChI is InChI=1S/C23H33N5O2S/c1-8-14-10-11-15(18(29)17(14)22(30)28(6)7)26-20(24)21(25)27-19(23(3,4)5)16-12-9-13(2)31-16/h9-12,19,29H,8H2,1-7H3,(H2,24,26)(H2,25,27)/t19-/m0/s1. The van der Waals surface area contributed by atoms with Gasteiger partial charge in [-0.1, -0.05) is 33.8 Å². The number of amidine groups is 2. The van der Waals surface area contributed by atoms with Crippen LogP contribution in [0, 0.1) is 12.3 Å². The second-order valence-corrected chi connectivity index (χ2v) is 10.1. The fourth-order valence-electron chi connectivity index (χ4n) is 3.15. The van der Waals surface area contributed by atoms with Crippen molar-refractivity contribution >= 4 is 34.6 Å². The normalized spacial score (nSPS) is 13.9. The molecule has 1 aromatic carbocycles. The second kappa shape index (κ2) is 9.51. The molecule has 1 heterocycles. The van der Waals surface area contributed by atoms with Gasteiger partial charge in [0, 0.05) is 23.8 Å². The number of amides is 1. The number of carbonyl (C=O) groups excluding carboxylic acids is 1. The predicted octanol–water partition coefficient (Wildman–Crippen LogP) is 4.16. The van der Waals surface area contributed by atoms with Gasteiger partial charge in [0.15, 0.2) is 17.4 Å². The van der Waals surface area contributed by atoms with Crippen molar-refractivity contribution in [1.29, 1.82) is 0 Å². The minimum atomic E-state index is -0.299. The Morgan fingerprint density at radius 1 is 1.16 bits per heavy atom. The molecule has 0 saturated carbocycles. The van der Waals surface area contributed by atoms with E-state index in [1.165, 1.54) is 9.78 Å². The molecule has 0 aliphatic heterocycles. The summed E-state index contributed by atoms with van der Waals surface area (Å²) < 4.78 is 0. The first kappa shape index (κ1) is 24.4. The van der Waals surface area contributed by atoms with Gasteiger partial charge in [-0.25, -0.2) is 4.99 Å². The molecule has 0 fully saturated rings. The quantitative estimate of drug-likeness (QED) is 0.475. The molecule has 0 radical (unpaired) electrons. The van der Waals surface area contributed by atoms with Crippen LogP contribution in [-0.2, 0) is 6.42 Å². The Balaban J connectivity index is 2.50. The Kier molecular flexibility index (Phi) is 7.49. The van der Waals surface area contributed by atoms with Gasteiger partial charge in [-0.2, -0.15) is 0 Å². The molecule has 2 aromatic rings. The monoisotopic (exact) mass is 443 g/mol. The lowest BCUT2D eigenvalue weighted by Crippen LogP contribution is -2.33. The number of phenols is 1. The molecule has 1 amide bonds. The van der Waals surface area contributed by atoms with E-state index in [0.29, 0.717) is 6.42 Å². The Morgan fingerprint density at radius 3 is 2.29 bits per heavy atom. The van der Waals surface area contributed by atoms with Gasteiger partial charge < -0.3 is 21.5 Å². The number of carbonyl (C=O) groups is 1. The number of benzene rings is 1. The highest BCUT2D eigenvalue weighted by atomic mass is 32.1. The van der Waals surface area contributed by atoms with Gasteiger partial charge in [0.2, 0.25) is 0 Å². The van der Waals surface area contributed by atoms with Gasteiger partial charge in [-0.05, 0) is 42.5 Å². The van der Waals surface area contributed by atoms with Crippen LogP contribution in [0.2, 0.25) is 0 Å². The van der Waals surface area contributed by atoms with Crippen LogP contribution >= 0.6 is 11.3 Å². The molecule has 5 N–H and O–H groups in total. The summed E-state index contributed by atoms with van der Waals surface area (Å²) in [5.41, 5.74) is 13.3. The zero-order valence-corrected chi connectivity index (χ0v) is 20.2. The molecule has 1 atom stereocenters. The minimum absolute atomic E-state index is 0.00896. The van der Waals surface area contributed by atoms with Gasteiger partial charge in [-0.3, -0.25) is 9.79 Å². The van der Waals surface area contributed by atoms with Crippen molar-refractivity contribution in [2.45, 2.75) is 47.1 Å². The minimum Gasteiger partial charge on any atom is -0.505 e. The van der Waals surface area contributed by atoms with E-state index in [1.54, 1.807) is 37.6 Å². The summed E-state index contributed by atoms with van der Waals surface area (Å²) in [6.45, 7) is 10.2. The van der Waals surface area contributed by atoms with Crippen LogP contribution in [0.4, 0.5) is 5.69 Å². The van der Waals surface area contributed by atoms with E-state index in [-0.39, 0.29) is 46.0 Å². The highest BCUT2D eigenvalue weighted by Gasteiger charge is 2.28. The number of hydrogen-bond acceptors (Lipinski definition) is 5. The molecule has 2 rings (SSSR count). The van der Waals surface area contributed by atoms with Gasteiger partial charge in [0.25, 0.3) is 5.91 Å². The summed E-state index contributed by atoms with van der Waals surface area (Å²) >= 11 is 1.67. The summed E-state index contributed by atoms with van der Waals surface area (Å²) in [4.78, 5) is 25.2. The molecule has 8 heteroatoms. The fraction of sp³-hybridized carbons (Fsp3) is 0.435. The fourth-order valence-corrected chi connectivity index (χ4v) is 4.31. The summed E-state index contributed by atoms with van der Waals surface area (Å²) in [7, 11) is 3.27. The smallest absolute Gasteiger partial charge is 0.257 e. The van der Waals surface area contributed by atoms with E-state index in [1.807, 2.05) is 13.8 Å². The second-order valence-electron chi connectivity index (χ2n) is 8.75. The first-order valence-electron chi connectivity index (χ1n) is 10.2. The average Bonchev–Trinajstić information content (AvgIpc) is 3.11. The Bertz CT molecular complexity index is 1020. The van der Waals surface area contributed by atoms with Crippen molar-refractivity contribution in [2.75, 3.05) is 14.1 Å². The Morgan fingerprint density at radius 2 is 1.81 bits per heavy atom. The number of aromatic hydroxyl groups is 1. The van der Waals surface area contributed by atoms with Crippen molar-refractivity contribution in [2.24, 2.45) is 26.9 Å². The molecule has 31 heavy (non-hydrogen) atoms. The molecule has 0 unspecified atom stereocenters. The number of nitrogens with zero attached hydrogens (tertiary/aromatic N) is 3. The predicted molar refractivity (Wildman–Crippen MR) is 130 cm³/mol. The van der Waals surface area contributed by atoms with E-state index in [4.69, 9.17) is 11.5 Å². The third-order valence-electron chi connectivity index (χ3n) is 4.87. The van der Waals surface area contributed by atoms with Crippen molar-refractivity contribution in [3.05, 3.63) is 45.1 Å². The number of hydrogen-bond donors (Lipinski definition) is 3. The zero-order chi connectivity index (χ0) is 23.5. The Labute approximate surface area is 188 Å². The SMILES string of the molecule is CCc1ccc(N=C(N)C(N)=N[C@@H](c2ccc(C)s2)C(C)(C)C)c(O)c1C(=O)N(C)C. The lowest BCUT2D eigenvalue weighted by Gasteiger charge is -2.27. The van der Waals surface area contributed by atoms with Gasteiger partial charge in [-0.15, -0.1) is 11.3 Å². The number of aryl methyl sites for hydroxylation is 2.